The molecule has 0 amide bonds. The first kappa shape index (κ1) is 60.4. The third-order valence-electron chi connectivity index (χ3n) is 12.7. The maximum absolute atomic E-state index is 12.8. The molecule has 0 saturated heterocycles. The van der Waals surface area contributed by atoms with Gasteiger partial charge < -0.3 is 14.2 Å². The molecule has 1 atom stereocenters. The van der Waals surface area contributed by atoms with Crippen LogP contribution in [0.4, 0.5) is 0 Å². The first-order valence-corrected chi connectivity index (χ1v) is 27.7. The number of carbonyl (C=O) groups is 3. The van der Waals surface area contributed by atoms with Crippen LogP contribution in [-0.4, -0.2) is 37.2 Å². The van der Waals surface area contributed by atoms with Crippen LogP contribution in [0.2, 0.25) is 0 Å². The second kappa shape index (κ2) is 48.9. The largest absolute Gasteiger partial charge is 0.462 e. The Bertz CT molecular complexity index is 947. The summed E-state index contributed by atoms with van der Waals surface area (Å²) in [5.74, 6) is 0.832. The molecule has 0 aromatic rings. The van der Waals surface area contributed by atoms with Crippen molar-refractivity contribution in [3.8, 4) is 0 Å². The summed E-state index contributed by atoms with van der Waals surface area (Å²) in [4.78, 5) is 38.1. The van der Waals surface area contributed by atoms with Gasteiger partial charge in [-0.1, -0.05) is 272 Å². The lowest BCUT2D eigenvalue weighted by atomic mass is 10.0. The lowest BCUT2D eigenvalue weighted by molar-refractivity contribution is -0.167. The fraction of sp³-hybridized carbons (Fsp3) is 0.946. The van der Waals surface area contributed by atoms with Crippen molar-refractivity contribution in [2.75, 3.05) is 13.2 Å². The molecule has 0 radical (unpaired) electrons. The van der Waals surface area contributed by atoms with E-state index in [2.05, 4.69) is 34.6 Å². The van der Waals surface area contributed by atoms with Crippen LogP contribution in [0.15, 0.2) is 0 Å². The lowest BCUT2D eigenvalue weighted by Gasteiger charge is -2.18. The summed E-state index contributed by atoms with van der Waals surface area (Å²) < 4.78 is 16.9. The number of rotatable bonds is 50. The van der Waals surface area contributed by atoms with Crippen LogP contribution in [0, 0.1) is 11.8 Å². The highest BCUT2D eigenvalue weighted by Crippen LogP contribution is 2.18. The molecule has 0 aliphatic heterocycles. The highest BCUT2D eigenvalue weighted by Gasteiger charge is 2.19. The van der Waals surface area contributed by atoms with Crippen molar-refractivity contribution in [2.24, 2.45) is 11.8 Å². The number of unbranched alkanes of at least 4 members (excludes halogenated alkanes) is 35. The number of ether oxygens (including phenoxy) is 3. The zero-order chi connectivity index (χ0) is 45.4. The number of hydrogen-bond acceptors (Lipinski definition) is 6. The van der Waals surface area contributed by atoms with Gasteiger partial charge in [0.05, 0.1) is 0 Å². The van der Waals surface area contributed by atoms with Gasteiger partial charge >= 0.3 is 17.9 Å². The summed E-state index contributed by atoms with van der Waals surface area (Å²) in [5, 5.41) is 0. The fourth-order valence-electron chi connectivity index (χ4n) is 8.52. The molecule has 368 valence electrons. The molecule has 6 heteroatoms. The Hall–Kier alpha value is -1.59. The molecule has 0 unspecified atom stereocenters. The van der Waals surface area contributed by atoms with Crippen molar-refractivity contribution >= 4 is 17.9 Å². The Morgan fingerprint density at radius 1 is 0.306 bits per heavy atom. The Labute approximate surface area is 387 Å². The molecular formula is C56H108O6. The van der Waals surface area contributed by atoms with E-state index in [1.807, 2.05) is 0 Å². The number of hydrogen-bond donors (Lipinski definition) is 0. The summed E-state index contributed by atoms with van der Waals surface area (Å²) in [6, 6.07) is 0. The summed E-state index contributed by atoms with van der Waals surface area (Å²) in [5.41, 5.74) is 0. The van der Waals surface area contributed by atoms with Crippen molar-refractivity contribution < 1.29 is 28.6 Å². The van der Waals surface area contributed by atoms with Crippen LogP contribution in [0.5, 0.6) is 0 Å². The van der Waals surface area contributed by atoms with E-state index in [4.69, 9.17) is 14.2 Å². The third-order valence-corrected chi connectivity index (χ3v) is 12.7. The van der Waals surface area contributed by atoms with E-state index in [1.165, 1.54) is 199 Å². The summed E-state index contributed by atoms with van der Waals surface area (Å²) in [7, 11) is 0. The van der Waals surface area contributed by atoms with Crippen LogP contribution >= 0.6 is 0 Å². The molecule has 62 heavy (non-hydrogen) atoms. The van der Waals surface area contributed by atoms with Crippen LogP contribution < -0.4 is 0 Å². The molecule has 0 aromatic heterocycles. The number of carbonyl (C=O) groups excluding carboxylic acids is 3. The van der Waals surface area contributed by atoms with Gasteiger partial charge in [-0.2, -0.15) is 0 Å². The SMILES string of the molecule is CCCCCCCCCCCCCCCC(=O)O[C@H](COC(=O)CCCCCCCCCCCCCCCC(C)C)COC(=O)CCCCCCCCCCCCCCC(C)C. The molecule has 0 aliphatic carbocycles. The van der Waals surface area contributed by atoms with Crippen molar-refractivity contribution in [3.63, 3.8) is 0 Å². The smallest absolute Gasteiger partial charge is 0.306 e. The fourth-order valence-corrected chi connectivity index (χ4v) is 8.52. The number of esters is 3. The molecule has 0 saturated carbocycles. The summed E-state index contributed by atoms with van der Waals surface area (Å²) >= 11 is 0. The van der Waals surface area contributed by atoms with Gasteiger partial charge in [-0.15, -0.1) is 0 Å². The van der Waals surface area contributed by atoms with Crippen molar-refractivity contribution in [3.05, 3.63) is 0 Å². The van der Waals surface area contributed by atoms with Gasteiger partial charge in [0, 0.05) is 19.3 Å². The first-order valence-electron chi connectivity index (χ1n) is 27.7. The monoisotopic (exact) mass is 877 g/mol. The van der Waals surface area contributed by atoms with E-state index >= 15 is 0 Å². The molecule has 0 rings (SSSR count). The second-order valence-electron chi connectivity index (χ2n) is 20.2. The summed E-state index contributed by atoms with van der Waals surface area (Å²) in [6.45, 7) is 11.4. The molecule has 0 N–H and O–H groups in total. The minimum absolute atomic E-state index is 0.0630. The maximum Gasteiger partial charge on any atom is 0.306 e. The van der Waals surface area contributed by atoms with Gasteiger partial charge in [0.2, 0.25) is 0 Å². The van der Waals surface area contributed by atoms with Gasteiger partial charge in [-0.3, -0.25) is 14.4 Å². The molecule has 0 aromatic carbocycles. The average Bonchev–Trinajstić information content (AvgIpc) is 3.24. The molecule has 6 nitrogen and oxygen atoms in total. The second-order valence-corrected chi connectivity index (χ2v) is 20.2. The average molecular weight is 877 g/mol. The van der Waals surface area contributed by atoms with Crippen LogP contribution in [-0.2, 0) is 28.6 Å². The highest BCUT2D eigenvalue weighted by molar-refractivity contribution is 5.71. The van der Waals surface area contributed by atoms with Crippen LogP contribution in [0.25, 0.3) is 0 Å². The molecule has 0 heterocycles. The normalized spacial score (nSPS) is 12.0. The van der Waals surface area contributed by atoms with Gasteiger partial charge in [-0.25, -0.2) is 0 Å². The quantitative estimate of drug-likeness (QED) is 0.0344. The van der Waals surface area contributed by atoms with E-state index in [0.717, 1.165) is 69.6 Å². The van der Waals surface area contributed by atoms with E-state index in [1.54, 1.807) is 0 Å². The zero-order valence-electron chi connectivity index (χ0n) is 42.5. The van der Waals surface area contributed by atoms with E-state index in [9.17, 15) is 14.4 Å². The van der Waals surface area contributed by atoms with E-state index in [0.29, 0.717) is 19.3 Å². The first-order chi connectivity index (χ1) is 30.2. The topological polar surface area (TPSA) is 78.9 Å². The highest BCUT2D eigenvalue weighted by atomic mass is 16.6. The van der Waals surface area contributed by atoms with Crippen molar-refractivity contribution in [1.29, 1.82) is 0 Å². The standard InChI is InChI=1S/C56H108O6/c1-6-7-8-9-10-11-12-14-23-28-33-38-43-48-56(59)62-53(50-61-55(58)47-42-37-32-27-22-18-17-20-25-30-35-40-45-52(4)5)49-60-54(57)46-41-36-31-26-21-16-13-15-19-24-29-34-39-44-51(2)3/h51-53H,6-50H2,1-5H3/t53-/m1/s1. The van der Waals surface area contributed by atoms with E-state index in [-0.39, 0.29) is 31.1 Å². The van der Waals surface area contributed by atoms with Crippen molar-refractivity contribution in [1.82, 2.24) is 0 Å². The Morgan fingerprint density at radius 3 is 0.790 bits per heavy atom. The third kappa shape index (κ3) is 49.4. The maximum atomic E-state index is 12.8. The van der Waals surface area contributed by atoms with Gasteiger partial charge in [0.1, 0.15) is 13.2 Å². The minimum Gasteiger partial charge on any atom is -0.462 e. The Morgan fingerprint density at radius 2 is 0.532 bits per heavy atom. The Balaban J connectivity index is 4.30. The molecule has 0 bridgehead atoms. The van der Waals surface area contributed by atoms with Crippen molar-refractivity contribution in [2.45, 2.75) is 317 Å². The van der Waals surface area contributed by atoms with Crippen LogP contribution in [0.3, 0.4) is 0 Å². The predicted octanol–water partition coefficient (Wildman–Crippen LogP) is 18.1. The molecule has 0 aliphatic rings. The summed E-state index contributed by atoms with van der Waals surface area (Å²) in [6.07, 6.45) is 50.9. The molecular weight excluding hydrogens is 769 g/mol. The Kier molecular flexibility index (Phi) is 47.6. The van der Waals surface area contributed by atoms with Crippen LogP contribution in [0.1, 0.15) is 311 Å². The molecule has 0 spiro atoms. The molecule has 0 fully saturated rings. The minimum atomic E-state index is -0.762. The van der Waals surface area contributed by atoms with Gasteiger partial charge in [0.15, 0.2) is 6.10 Å². The predicted molar refractivity (Wildman–Crippen MR) is 266 cm³/mol. The lowest BCUT2D eigenvalue weighted by Crippen LogP contribution is -2.30. The van der Waals surface area contributed by atoms with Gasteiger partial charge in [0.25, 0.3) is 0 Å². The zero-order valence-corrected chi connectivity index (χ0v) is 42.5. The van der Waals surface area contributed by atoms with Gasteiger partial charge in [-0.05, 0) is 31.1 Å². The van der Waals surface area contributed by atoms with E-state index < -0.39 is 6.10 Å².